The summed E-state index contributed by atoms with van der Waals surface area (Å²) in [5.74, 6) is -0.160. The highest BCUT2D eigenvalue weighted by Gasteiger charge is 2.24. The molecule has 2 rings (SSSR count). The highest BCUT2D eigenvalue weighted by atomic mass is 35.5. The molecule has 1 aromatic rings. The molecule has 1 aliphatic heterocycles. The van der Waals surface area contributed by atoms with Gasteiger partial charge in [0.1, 0.15) is 0 Å². The van der Waals surface area contributed by atoms with Crippen LogP contribution in [0.4, 0.5) is 5.69 Å². The number of anilines is 1. The first kappa shape index (κ1) is 19.5. The number of rotatable bonds is 3. The number of likely N-dealkylation sites (tertiary alicyclic amines) is 1. The zero-order chi connectivity index (χ0) is 16.3. The Labute approximate surface area is 144 Å². The third-order valence-corrected chi connectivity index (χ3v) is 4.21. The van der Waals surface area contributed by atoms with E-state index in [2.05, 4.69) is 12.2 Å². The second kappa shape index (κ2) is 8.31. The average molecular weight is 340 g/mol. The normalized spacial score (nSPS) is 18.8. The summed E-state index contributed by atoms with van der Waals surface area (Å²) in [6.45, 7) is 6.44. The van der Waals surface area contributed by atoms with Gasteiger partial charge in [-0.2, -0.15) is 0 Å². The zero-order valence-electron chi connectivity index (χ0n) is 14.0. The fourth-order valence-electron chi connectivity index (χ4n) is 2.75. The molecule has 128 valence electrons. The molecule has 1 unspecified atom stereocenters. The Balaban J connectivity index is 0.00000264. The average Bonchev–Trinajstić information content (AvgIpc) is 2.49. The number of nitrogens with one attached hydrogen (secondary N) is 1. The smallest absolute Gasteiger partial charge is 0.254 e. The SMILES string of the molecule is Cc1cc(C(=O)N2CCCCC2C)ccc1NC(=O)[C@H](C)N.Cl. The van der Waals surface area contributed by atoms with Crippen molar-refractivity contribution in [2.24, 2.45) is 5.73 Å². The molecule has 1 heterocycles. The van der Waals surface area contributed by atoms with Gasteiger partial charge in [0.15, 0.2) is 0 Å². The monoisotopic (exact) mass is 339 g/mol. The van der Waals surface area contributed by atoms with E-state index in [-0.39, 0.29) is 24.2 Å². The molecule has 2 atom stereocenters. The first-order chi connectivity index (χ1) is 10.4. The lowest BCUT2D eigenvalue weighted by Gasteiger charge is -2.33. The molecule has 0 radical (unpaired) electrons. The minimum Gasteiger partial charge on any atom is -0.336 e. The van der Waals surface area contributed by atoms with Crippen LogP contribution in [0, 0.1) is 6.92 Å². The van der Waals surface area contributed by atoms with Gasteiger partial charge in [0.05, 0.1) is 6.04 Å². The van der Waals surface area contributed by atoms with E-state index in [0.29, 0.717) is 17.3 Å². The summed E-state index contributed by atoms with van der Waals surface area (Å²) in [6, 6.07) is 5.11. The van der Waals surface area contributed by atoms with Gasteiger partial charge in [-0.05, 0) is 63.8 Å². The molecule has 5 nitrogen and oxygen atoms in total. The van der Waals surface area contributed by atoms with E-state index in [4.69, 9.17) is 5.73 Å². The first-order valence-corrected chi connectivity index (χ1v) is 7.88. The van der Waals surface area contributed by atoms with Gasteiger partial charge in [0, 0.05) is 23.8 Å². The van der Waals surface area contributed by atoms with Crippen LogP contribution in [-0.4, -0.2) is 35.3 Å². The van der Waals surface area contributed by atoms with Crippen molar-refractivity contribution in [1.82, 2.24) is 4.90 Å². The molecular formula is C17H26ClN3O2. The molecule has 0 spiro atoms. The van der Waals surface area contributed by atoms with E-state index < -0.39 is 6.04 Å². The van der Waals surface area contributed by atoms with Crippen molar-refractivity contribution in [3.8, 4) is 0 Å². The van der Waals surface area contributed by atoms with Crippen LogP contribution in [0.25, 0.3) is 0 Å². The van der Waals surface area contributed by atoms with Gasteiger partial charge < -0.3 is 16.0 Å². The van der Waals surface area contributed by atoms with Gasteiger partial charge in [0.25, 0.3) is 5.91 Å². The molecule has 6 heteroatoms. The molecule has 23 heavy (non-hydrogen) atoms. The van der Waals surface area contributed by atoms with Gasteiger partial charge in [-0.3, -0.25) is 9.59 Å². The van der Waals surface area contributed by atoms with Gasteiger partial charge >= 0.3 is 0 Å². The lowest BCUT2D eigenvalue weighted by atomic mass is 10.0. The first-order valence-electron chi connectivity index (χ1n) is 7.88. The summed E-state index contributed by atoms with van der Waals surface area (Å²) >= 11 is 0. The number of halogens is 1. The highest BCUT2D eigenvalue weighted by Crippen LogP contribution is 2.22. The van der Waals surface area contributed by atoms with Crippen LogP contribution < -0.4 is 11.1 Å². The molecule has 2 amide bonds. The van der Waals surface area contributed by atoms with Crippen molar-refractivity contribution >= 4 is 29.9 Å². The van der Waals surface area contributed by atoms with Crippen molar-refractivity contribution in [1.29, 1.82) is 0 Å². The summed E-state index contributed by atoms with van der Waals surface area (Å²) in [7, 11) is 0. The topological polar surface area (TPSA) is 75.4 Å². The Morgan fingerprint density at radius 2 is 2.04 bits per heavy atom. The maximum atomic E-state index is 12.6. The number of carbonyl (C=O) groups excluding carboxylic acids is 2. The summed E-state index contributed by atoms with van der Waals surface area (Å²) in [6.07, 6.45) is 3.32. The number of carbonyl (C=O) groups is 2. The number of nitrogens with zero attached hydrogens (tertiary/aromatic N) is 1. The van der Waals surface area contributed by atoms with E-state index in [1.807, 2.05) is 17.9 Å². The standard InChI is InChI=1S/C17H25N3O2.ClH/c1-11-10-14(7-8-15(11)19-16(21)13(3)18)17(22)20-9-5-4-6-12(20)2;/h7-8,10,12-13H,4-6,9,18H2,1-3H3,(H,19,21);1H/t12?,13-;/m0./s1. The minimum absolute atomic E-state index is 0. The molecule has 1 aromatic carbocycles. The summed E-state index contributed by atoms with van der Waals surface area (Å²) < 4.78 is 0. The van der Waals surface area contributed by atoms with Crippen LogP contribution in [0.5, 0.6) is 0 Å². The van der Waals surface area contributed by atoms with E-state index in [1.54, 1.807) is 19.1 Å². The minimum atomic E-state index is -0.560. The largest absolute Gasteiger partial charge is 0.336 e. The quantitative estimate of drug-likeness (QED) is 0.889. The van der Waals surface area contributed by atoms with E-state index in [9.17, 15) is 9.59 Å². The number of hydrogen-bond acceptors (Lipinski definition) is 3. The molecule has 0 saturated carbocycles. The van der Waals surface area contributed by atoms with Crippen molar-refractivity contribution in [2.45, 2.75) is 52.1 Å². The van der Waals surface area contributed by atoms with Gasteiger partial charge in [-0.1, -0.05) is 0 Å². The number of aryl methyl sites for hydroxylation is 1. The molecule has 1 fully saturated rings. The second-order valence-corrected chi connectivity index (χ2v) is 6.15. The third kappa shape index (κ3) is 4.69. The number of hydrogen-bond donors (Lipinski definition) is 2. The maximum absolute atomic E-state index is 12.6. The van der Waals surface area contributed by atoms with Crippen LogP contribution in [-0.2, 0) is 4.79 Å². The fourth-order valence-corrected chi connectivity index (χ4v) is 2.75. The molecule has 0 aromatic heterocycles. The van der Waals surface area contributed by atoms with Crippen LogP contribution in [0.3, 0.4) is 0 Å². The predicted molar refractivity (Wildman–Crippen MR) is 95.1 cm³/mol. The highest BCUT2D eigenvalue weighted by molar-refractivity contribution is 5.98. The Morgan fingerprint density at radius 1 is 1.35 bits per heavy atom. The van der Waals surface area contributed by atoms with E-state index in [0.717, 1.165) is 24.9 Å². The van der Waals surface area contributed by atoms with Gasteiger partial charge in [-0.25, -0.2) is 0 Å². The maximum Gasteiger partial charge on any atom is 0.254 e. The number of nitrogens with two attached hydrogens (primary N) is 1. The molecule has 1 saturated heterocycles. The fraction of sp³-hybridized carbons (Fsp3) is 0.529. The van der Waals surface area contributed by atoms with E-state index in [1.165, 1.54) is 6.42 Å². The van der Waals surface area contributed by atoms with Crippen LogP contribution in [0.1, 0.15) is 49.0 Å². The Morgan fingerprint density at radius 3 is 2.61 bits per heavy atom. The number of amides is 2. The number of benzene rings is 1. The van der Waals surface area contributed by atoms with Gasteiger partial charge in [-0.15, -0.1) is 12.4 Å². The van der Waals surface area contributed by atoms with Crippen molar-refractivity contribution < 1.29 is 9.59 Å². The lowest BCUT2D eigenvalue weighted by molar-refractivity contribution is -0.117. The van der Waals surface area contributed by atoms with Crippen molar-refractivity contribution in [3.05, 3.63) is 29.3 Å². The Hall–Kier alpha value is -1.59. The molecule has 0 aliphatic carbocycles. The Bertz CT molecular complexity index is 575. The molecular weight excluding hydrogens is 314 g/mol. The van der Waals surface area contributed by atoms with Crippen molar-refractivity contribution in [3.63, 3.8) is 0 Å². The molecule has 1 aliphatic rings. The summed E-state index contributed by atoms with van der Waals surface area (Å²) in [4.78, 5) is 26.2. The van der Waals surface area contributed by atoms with Crippen molar-refractivity contribution in [2.75, 3.05) is 11.9 Å². The Kier molecular flexibility index (Phi) is 7.03. The zero-order valence-corrected chi connectivity index (χ0v) is 14.8. The summed E-state index contributed by atoms with van der Waals surface area (Å²) in [5.41, 5.74) is 7.79. The molecule has 3 N–H and O–H groups in total. The van der Waals surface area contributed by atoms with Gasteiger partial charge in [0.2, 0.25) is 5.91 Å². The third-order valence-electron chi connectivity index (χ3n) is 4.21. The molecule has 0 bridgehead atoms. The van der Waals surface area contributed by atoms with Crippen LogP contribution in [0.15, 0.2) is 18.2 Å². The lowest BCUT2D eigenvalue weighted by Crippen LogP contribution is -2.42. The van der Waals surface area contributed by atoms with Crippen LogP contribution in [0.2, 0.25) is 0 Å². The van der Waals surface area contributed by atoms with E-state index >= 15 is 0 Å². The number of piperidine rings is 1. The van der Waals surface area contributed by atoms with Crippen LogP contribution >= 0.6 is 12.4 Å². The predicted octanol–water partition coefficient (Wildman–Crippen LogP) is 2.72. The second-order valence-electron chi connectivity index (χ2n) is 6.15. The summed E-state index contributed by atoms with van der Waals surface area (Å²) in [5, 5.41) is 2.78.